The van der Waals surface area contributed by atoms with E-state index in [4.69, 9.17) is 4.74 Å². The van der Waals surface area contributed by atoms with Crippen LogP contribution in [-0.4, -0.2) is 34.2 Å². The Morgan fingerprint density at radius 1 is 1.40 bits per heavy atom. The maximum Gasteiger partial charge on any atom is 0.240 e. The summed E-state index contributed by atoms with van der Waals surface area (Å²) in [5, 5.41) is 3.37. The molecule has 110 valence electrons. The number of hydrogen-bond donors (Lipinski definition) is 2. The first kappa shape index (κ1) is 13.9. The summed E-state index contributed by atoms with van der Waals surface area (Å²) in [5.74, 6) is 0.805. The second kappa shape index (κ2) is 5.71. The van der Waals surface area contributed by atoms with Gasteiger partial charge in [-0.05, 0) is 49.6 Å². The number of sulfonamides is 1. The second-order valence-electron chi connectivity index (χ2n) is 5.35. The van der Waals surface area contributed by atoms with Crippen LogP contribution in [0.2, 0.25) is 0 Å². The number of hydrogen-bond acceptors (Lipinski definition) is 4. The number of fused-ring (bicyclic) bond motifs is 1. The fourth-order valence-electron chi connectivity index (χ4n) is 2.78. The van der Waals surface area contributed by atoms with E-state index in [2.05, 4.69) is 10.0 Å². The molecule has 0 saturated carbocycles. The van der Waals surface area contributed by atoms with E-state index in [0.717, 1.165) is 37.1 Å². The van der Waals surface area contributed by atoms with Gasteiger partial charge >= 0.3 is 0 Å². The van der Waals surface area contributed by atoms with E-state index in [0.29, 0.717) is 24.1 Å². The first-order chi connectivity index (χ1) is 9.65. The Morgan fingerprint density at radius 3 is 3.10 bits per heavy atom. The van der Waals surface area contributed by atoms with Crippen molar-refractivity contribution in [3.05, 3.63) is 23.8 Å². The Labute approximate surface area is 119 Å². The highest BCUT2D eigenvalue weighted by Crippen LogP contribution is 2.27. The SMILES string of the molecule is O=S(=O)(NCC[C@H]1CCCN1)c1ccc2c(c1)CCO2. The third-order valence-corrected chi connectivity index (χ3v) is 5.38. The molecule has 0 aromatic heterocycles. The molecule has 1 atom stereocenters. The van der Waals surface area contributed by atoms with Gasteiger partial charge in [0.2, 0.25) is 10.0 Å². The van der Waals surface area contributed by atoms with E-state index < -0.39 is 10.0 Å². The van der Waals surface area contributed by atoms with Gasteiger partial charge in [-0.2, -0.15) is 0 Å². The highest BCUT2D eigenvalue weighted by molar-refractivity contribution is 7.89. The summed E-state index contributed by atoms with van der Waals surface area (Å²) in [6.45, 7) is 2.16. The van der Waals surface area contributed by atoms with Crippen molar-refractivity contribution in [2.45, 2.75) is 36.6 Å². The molecule has 1 fully saturated rings. The van der Waals surface area contributed by atoms with Crippen molar-refractivity contribution in [2.24, 2.45) is 0 Å². The molecular weight excluding hydrogens is 276 g/mol. The first-order valence-electron chi connectivity index (χ1n) is 7.14. The fourth-order valence-corrected chi connectivity index (χ4v) is 3.88. The van der Waals surface area contributed by atoms with Crippen LogP contribution in [0.5, 0.6) is 5.75 Å². The molecule has 2 heterocycles. The quantitative estimate of drug-likeness (QED) is 0.852. The van der Waals surface area contributed by atoms with Crippen molar-refractivity contribution in [3.63, 3.8) is 0 Å². The molecule has 1 saturated heterocycles. The second-order valence-corrected chi connectivity index (χ2v) is 7.11. The topological polar surface area (TPSA) is 67.4 Å². The third kappa shape index (κ3) is 2.97. The van der Waals surface area contributed by atoms with Crippen molar-refractivity contribution in [2.75, 3.05) is 19.7 Å². The molecule has 0 spiro atoms. The Morgan fingerprint density at radius 2 is 2.30 bits per heavy atom. The van der Waals surface area contributed by atoms with Gasteiger partial charge in [-0.1, -0.05) is 0 Å². The lowest BCUT2D eigenvalue weighted by Gasteiger charge is -2.11. The summed E-state index contributed by atoms with van der Waals surface area (Å²) in [6.07, 6.45) is 3.94. The highest BCUT2D eigenvalue weighted by atomic mass is 32.2. The van der Waals surface area contributed by atoms with Gasteiger partial charge in [0.1, 0.15) is 5.75 Å². The molecule has 1 aromatic carbocycles. The van der Waals surface area contributed by atoms with Crippen LogP contribution in [0.1, 0.15) is 24.8 Å². The predicted octanol–water partition coefficient (Wildman–Crippen LogP) is 1.04. The molecule has 2 aliphatic rings. The minimum atomic E-state index is -3.41. The van der Waals surface area contributed by atoms with Crippen LogP contribution in [0, 0.1) is 0 Å². The zero-order valence-corrected chi connectivity index (χ0v) is 12.2. The Bertz CT molecular complexity index is 580. The summed E-state index contributed by atoms with van der Waals surface area (Å²) in [6, 6.07) is 5.53. The molecule has 0 bridgehead atoms. The number of nitrogens with one attached hydrogen (secondary N) is 2. The molecule has 0 aliphatic carbocycles. The van der Waals surface area contributed by atoms with E-state index in [1.54, 1.807) is 18.2 Å². The average Bonchev–Trinajstić information content (AvgIpc) is 3.08. The van der Waals surface area contributed by atoms with Crippen LogP contribution >= 0.6 is 0 Å². The Hall–Kier alpha value is -1.11. The van der Waals surface area contributed by atoms with Gasteiger partial charge in [-0.25, -0.2) is 13.1 Å². The van der Waals surface area contributed by atoms with Crippen molar-refractivity contribution < 1.29 is 13.2 Å². The zero-order chi connectivity index (χ0) is 14.0. The van der Waals surface area contributed by atoms with Gasteiger partial charge < -0.3 is 10.1 Å². The maximum absolute atomic E-state index is 12.2. The van der Waals surface area contributed by atoms with Crippen molar-refractivity contribution in [1.29, 1.82) is 0 Å². The van der Waals surface area contributed by atoms with E-state index in [9.17, 15) is 8.42 Å². The van der Waals surface area contributed by atoms with Gasteiger partial charge in [0.15, 0.2) is 0 Å². The van der Waals surface area contributed by atoms with E-state index >= 15 is 0 Å². The minimum absolute atomic E-state index is 0.334. The molecule has 0 radical (unpaired) electrons. The molecule has 2 N–H and O–H groups in total. The predicted molar refractivity (Wildman–Crippen MR) is 76.5 cm³/mol. The summed E-state index contributed by atoms with van der Waals surface area (Å²) in [5.41, 5.74) is 0.977. The van der Waals surface area contributed by atoms with Gasteiger partial charge in [-0.15, -0.1) is 0 Å². The van der Waals surface area contributed by atoms with Gasteiger partial charge in [0, 0.05) is 19.0 Å². The summed E-state index contributed by atoms with van der Waals surface area (Å²) >= 11 is 0. The van der Waals surface area contributed by atoms with Gasteiger partial charge in [0.25, 0.3) is 0 Å². The average molecular weight is 296 g/mol. The van der Waals surface area contributed by atoms with Crippen LogP contribution in [0.15, 0.2) is 23.1 Å². The monoisotopic (exact) mass is 296 g/mol. The minimum Gasteiger partial charge on any atom is -0.493 e. The zero-order valence-electron chi connectivity index (χ0n) is 11.4. The largest absolute Gasteiger partial charge is 0.493 e. The van der Waals surface area contributed by atoms with E-state index in [1.165, 1.54) is 6.42 Å². The van der Waals surface area contributed by atoms with Crippen molar-refractivity contribution >= 4 is 10.0 Å². The fraction of sp³-hybridized carbons (Fsp3) is 0.571. The maximum atomic E-state index is 12.2. The van der Waals surface area contributed by atoms with Crippen molar-refractivity contribution in [1.82, 2.24) is 10.0 Å². The number of ether oxygens (including phenoxy) is 1. The van der Waals surface area contributed by atoms with Crippen LogP contribution in [-0.2, 0) is 16.4 Å². The molecule has 3 rings (SSSR count). The van der Waals surface area contributed by atoms with Gasteiger partial charge in [0.05, 0.1) is 11.5 Å². The molecule has 0 amide bonds. The molecule has 0 unspecified atom stereocenters. The summed E-state index contributed by atoms with van der Waals surface area (Å²) in [4.78, 5) is 0.334. The standard InChI is InChI=1S/C14H20N2O3S/c17-20(18,16-8-5-12-2-1-7-15-12)13-3-4-14-11(10-13)6-9-19-14/h3-4,10,12,15-16H,1-2,5-9H2/t12-/m1/s1. The van der Waals surface area contributed by atoms with Crippen LogP contribution in [0.4, 0.5) is 0 Å². The molecule has 2 aliphatic heterocycles. The normalized spacial score (nSPS) is 21.7. The summed E-state index contributed by atoms with van der Waals surface area (Å²) in [7, 11) is -3.41. The van der Waals surface area contributed by atoms with E-state index in [-0.39, 0.29) is 0 Å². The smallest absolute Gasteiger partial charge is 0.240 e. The molecule has 6 heteroatoms. The van der Waals surface area contributed by atoms with Crippen LogP contribution in [0.3, 0.4) is 0 Å². The van der Waals surface area contributed by atoms with Gasteiger partial charge in [-0.3, -0.25) is 0 Å². The Balaban J connectivity index is 1.62. The number of benzene rings is 1. The highest BCUT2D eigenvalue weighted by Gasteiger charge is 2.20. The number of rotatable bonds is 5. The van der Waals surface area contributed by atoms with E-state index in [1.807, 2.05) is 0 Å². The van der Waals surface area contributed by atoms with Crippen molar-refractivity contribution in [3.8, 4) is 5.75 Å². The van der Waals surface area contributed by atoms with Crippen LogP contribution < -0.4 is 14.8 Å². The third-order valence-electron chi connectivity index (χ3n) is 3.92. The molecular formula is C14H20N2O3S. The lowest BCUT2D eigenvalue weighted by Crippen LogP contribution is -2.30. The molecule has 1 aromatic rings. The molecule has 5 nitrogen and oxygen atoms in total. The lowest BCUT2D eigenvalue weighted by molar-refractivity contribution is 0.356. The first-order valence-corrected chi connectivity index (χ1v) is 8.62. The van der Waals surface area contributed by atoms with Crippen LogP contribution in [0.25, 0.3) is 0 Å². The lowest BCUT2D eigenvalue weighted by atomic mass is 10.2. The Kier molecular flexibility index (Phi) is 3.96. The molecule has 20 heavy (non-hydrogen) atoms. The summed E-state index contributed by atoms with van der Waals surface area (Å²) < 4.78 is 32.5.